The Morgan fingerprint density at radius 3 is 1.43 bits per heavy atom. The minimum absolute atomic E-state index is 0. The monoisotopic (exact) mass is 339 g/mol. The molecule has 0 N–H and O–H groups in total. The quantitative estimate of drug-likeness (QED) is 0.483. The Morgan fingerprint density at radius 2 is 1.43 bits per heavy atom. The minimum atomic E-state index is -1.72. The molecule has 0 rings (SSSR count). The van der Waals surface area contributed by atoms with Crippen LogP contribution in [0.1, 0.15) is 0 Å². The second kappa shape index (κ2) is 4.11. The van der Waals surface area contributed by atoms with Crippen molar-refractivity contribution in [3.8, 4) is 0 Å². The van der Waals surface area contributed by atoms with Gasteiger partial charge in [0, 0.05) is 20.1 Å². The Kier molecular flexibility index (Phi) is 6.48. The van der Waals surface area contributed by atoms with Crippen LogP contribution in [-0.2, 0) is 24.9 Å². The van der Waals surface area contributed by atoms with E-state index in [2.05, 4.69) is 0 Å². The first kappa shape index (κ1) is 11.0. The van der Waals surface area contributed by atoms with Crippen molar-refractivity contribution in [3.05, 3.63) is 0 Å². The van der Waals surface area contributed by atoms with Crippen molar-refractivity contribution >= 4 is 41.1 Å². The molecule has 0 amide bonds. The molecule has 0 aliphatic rings. The van der Waals surface area contributed by atoms with Gasteiger partial charge in [0.05, 0.1) is 0 Å². The predicted molar refractivity (Wildman–Crippen MR) is 26.4 cm³/mol. The van der Waals surface area contributed by atoms with Crippen molar-refractivity contribution in [2.45, 2.75) is 3.79 Å². The maximum absolute atomic E-state index is 9.43. The number of carbonyl (C=O) groups excluding carboxylic acids is 1. The van der Waals surface area contributed by atoms with Gasteiger partial charge in [0.2, 0.25) is 3.79 Å². The zero-order chi connectivity index (χ0) is 5.21. The molecule has 1 radical (unpaired) electrons. The van der Waals surface area contributed by atoms with E-state index in [4.69, 9.17) is 34.8 Å². The van der Waals surface area contributed by atoms with Crippen LogP contribution in [0.4, 0.5) is 0 Å². The molecule has 5 heteroatoms. The van der Waals surface area contributed by atoms with Crippen LogP contribution in [0.15, 0.2) is 0 Å². The molecule has 0 saturated carbocycles. The van der Waals surface area contributed by atoms with Crippen LogP contribution in [0.2, 0.25) is 0 Å². The second-order valence-electron chi connectivity index (χ2n) is 0.659. The maximum Gasteiger partial charge on any atom is 0.245 e. The number of alkyl halides is 3. The van der Waals surface area contributed by atoms with E-state index in [1.807, 2.05) is 0 Å². The summed E-state index contributed by atoms with van der Waals surface area (Å²) < 4.78 is -1.72. The third-order valence-electron chi connectivity index (χ3n) is 0.134. The van der Waals surface area contributed by atoms with Gasteiger partial charge in [-0.1, -0.05) is 34.8 Å². The predicted octanol–water partition coefficient (Wildman–Crippen LogP) is 1.55. The fraction of sp³-hybridized carbons (Fsp3) is 0.500. The molecule has 0 fully saturated rings. The maximum atomic E-state index is 9.43. The summed E-state index contributed by atoms with van der Waals surface area (Å²) in [4.78, 5) is 9.43. The first-order valence-corrected chi connectivity index (χ1v) is 2.23. The average Bonchev–Trinajstić information content (AvgIpc) is 1.35. The third-order valence-corrected chi connectivity index (χ3v) is 0.401. The minimum Gasteiger partial charge on any atom is -0.299 e. The summed E-state index contributed by atoms with van der Waals surface area (Å²) in [6.45, 7) is 0. The normalized spacial score (nSPS) is 9.57. The summed E-state index contributed by atoms with van der Waals surface area (Å²) in [6, 6.07) is 0. The number of aldehydes is 1. The molecule has 0 aromatic heterocycles. The molecule has 0 aliphatic heterocycles. The second-order valence-corrected chi connectivity index (χ2v) is 3.03. The van der Waals surface area contributed by atoms with Gasteiger partial charge < -0.3 is 0 Å². The topological polar surface area (TPSA) is 17.1 Å². The molecular weight excluding hydrogens is 339 g/mol. The van der Waals surface area contributed by atoms with Gasteiger partial charge in [-0.15, -0.1) is 0 Å². The Labute approximate surface area is 69.7 Å². The van der Waals surface area contributed by atoms with E-state index in [0.717, 1.165) is 0 Å². The van der Waals surface area contributed by atoms with Crippen LogP contribution < -0.4 is 0 Å². The smallest absolute Gasteiger partial charge is 0.245 e. The molecule has 0 saturated heterocycles. The summed E-state index contributed by atoms with van der Waals surface area (Å²) in [5, 5.41) is 0. The van der Waals surface area contributed by atoms with E-state index in [0.29, 0.717) is 0 Å². The van der Waals surface area contributed by atoms with Gasteiger partial charge in [-0.25, -0.2) is 0 Å². The Balaban J connectivity index is 0. The van der Waals surface area contributed by atoms with Crippen molar-refractivity contribution in [2.75, 3.05) is 0 Å². The van der Waals surface area contributed by atoms with Crippen molar-refractivity contribution in [1.29, 1.82) is 0 Å². The van der Waals surface area contributed by atoms with Crippen LogP contribution in [0.5, 0.6) is 0 Å². The van der Waals surface area contributed by atoms with E-state index >= 15 is 0 Å². The molecule has 0 heterocycles. The summed E-state index contributed by atoms with van der Waals surface area (Å²) in [6.07, 6.45) is 0.234. The fourth-order valence-corrected chi connectivity index (χ4v) is 0. The zero-order valence-electron chi connectivity index (χ0n) is 2.95. The molecule has 0 spiro atoms. The summed E-state index contributed by atoms with van der Waals surface area (Å²) in [5.74, 6) is 0. The molecule has 0 atom stereocenters. The Morgan fingerprint density at radius 1 is 1.29 bits per heavy atom. The molecule has 1 nitrogen and oxygen atoms in total. The molecule has 0 aromatic rings. The number of hydrogen-bond acceptors (Lipinski definition) is 1. The van der Waals surface area contributed by atoms with E-state index in [1.54, 1.807) is 0 Å². The Hall–Kier alpha value is 1.19. The van der Waals surface area contributed by atoms with E-state index in [9.17, 15) is 4.79 Å². The van der Waals surface area contributed by atoms with Gasteiger partial charge in [0.1, 0.15) is 0 Å². The van der Waals surface area contributed by atoms with Gasteiger partial charge in [0.15, 0.2) is 6.29 Å². The average molecular weight is 340 g/mol. The van der Waals surface area contributed by atoms with Crippen molar-refractivity contribution in [2.24, 2.45) is 0 Å². The van der Waals surface area contributed by atoms with Crippen LogP contribution in [0.25, 0.3) is 0 Å². The Bertz CT molecular complexity index is 58.4. The van der Waals surface area contributed by atoms with Crippen molar-refractivity contribution in [1.82, 2.24) is 0 Å². The first-order valence-electron chi connectivity index (χ1n) is 1.09. The number of rotatable bonds is 0. The van der Waals surface area contributed by atoms with E-state index in [1.165, 1.54) is 0 Å². The van der Waals surface area contributed by atoms with Crippen molar-refractivity contribution < 1.29 is 24.9 Å². The summed E-state index contributed by atoms with van der Waals surface area (Å²) >= 11 is 14.6. The van der Waals surface area contributed by atoms with Gasteiger partial charge >= 0.3 is 0 Å². The van der Waals surface area contributed by atoms with Crippen molar-refractivity contribution in [3.63, 3.8) is 0 Å². The van der Waals surface area contributed by atoms with Crippen LogP contribution in [0, 0.1) is 0 Å². The first-order chi connectivity index (χ1) is 2.56. The fourth-order valence-electron chi connectivity index (χ4n) is 0. The van der Waals surface area contributed by atoms with Gasteiger partial charge in [0.25, 0.3) is 0 Å². The SMILES string of the molecule is O=CC(Cl)(Cl)Cl.[Ir]. The number of halogens is 3. The molecule has 0 aliphatic carbocycles. The number of carbonyl (C=O) groups is 1. The molecule has 0 aromatic carbocycles. The van der Waals surface area contributed by atoms with E-state index < -0.39 is 3.79 Å². The molecule has 7 heavy (non-hydrogen) atoms. The molecule has 0 unspecified atom stereocenters. The molecule has 45 valence electrons. The standard InChI is InChI=1S/C2HCl3O.Ir/c3-2(4,5)1-6;/h1H;. The molecule has 0 bridgehead atoms. The van der Waals surface area contributed by atoms with Gasteiger partial charge in [-0.3, -0.25) is 4.79 Å². The zero-order valence-corrected chi connectivity index (χ0v) is 7.62. The number of hydrogen-bond donors (Lipinski definition) is 0. The summed E-state index contributed by atoms with van der Waals surface area (Å²) in [7, 11) is 0. The van der Waals surface area contributed by atoms with Gasteiger partial charge in [-0.05, 0) is 0 Å². The van der Waals surface area contributed by atoms with Crippen LogP contribution >= 0.6 is 34.8 Å². The largest absolute Gasteiger partial charge is 0.299 e. The van der Waals surface area contributed by atoms with Crippen LogP contribution in [0.3, 0.4) is 0 Å². The molecular formula is C2HCl3IrO. The van der Waals surface area contributed by atoms with Crippen LogP contribution in [-0.4, -0.2) is 10.1 Å². The van der Waals surface area contributed by atoms with Gasteiger partial charge in [-0.2, -0.15) is 0 Å². The summed E-state index contributed by atoms with van der Waals surface area (Å²) in [5.41, 5.74) is 0. The third kappa shape index (κ3) is 11.0. The van der Waals surface area contributed by atoms with E-state index in [-0.39, 0.29) is 26.4 Å².